The smallest absolute Gasteiger partial charge is 0.162 e. The highest BCUT2D eigenvalue weighted by atomic mass is 19.2. The van der Waals surface area contributed by atoms with Crippen molar-refractivity contribution >= 4 is 0 Å². The van der Waals surface area contributed by atoms with Crippen LogP contribution in [0, 0.1) is 11.6 Å². The SMILES string of the molecule is CNC(Cc1ccco1)Cc1cccc(F)c1F. The number of rotatable bonds is 5. The molecule has 1 aromatic carbocycles. The Labute approximate surface area is 105 Å². The third-order valence-electron chi connectivity index (χ3n) is 2.93. The Hall–Kier alpha value is -1.68. The van der Waals surface area contributed by atoms with Crippen LogP contribution in [0.4, 0.5) is 8.78 Å². The first-order valence-electron chi connectivity index (χ1n) is 5.83. The van der Waals surface area contributed by atoms with Gasteiger partial charge in [-0.05, 0) is 37.2 Å². The normalized spacial score (nSPS) is 12.6. The maximum atomic E-state index is 13.6. The van der Waals surface area contributed by atoms with Gasteiger partial charge in [0.1, 0.15) is 5.76 Å². The number of furan rings is 1. The molecule has 0 aliphatic heterocycles. The van der Waals surface area contributed by atoms with Gasteiger partial charge in [-0.15, -0.1) is 0 Å². The highest BCUT2D eigenvalue weighted by Gasteiger charge is 2.14. The Morgan fingerprint density at radius 2 is 2.00 bits per heavy atom. The van der Waals surface area contributed by atoms with Gasteiger partial charge in [0.25, 0.3) is 0 Å². The fraction of sp³-hybridized carbons (Fsp3) is 0.286. The number of nitrogens with one attached hydrogen (secondary N) is 1. The monoisotopic (exact) mass is 251 g/mol. The molecule has 2 nitrogen and oxygen atoms in total. The molecule has 0 bridgehead atoms. The van der Waals surface area contributed by atoms with Gasteiger partial charge in [-0.3, -0.25) is 0 Å². The van der Waals surface area contributed by atoms with Crippen LogP contribution in [0.15, 0.2) is 41.0 Å². The number of halogens is 2. The summed E-state index contributed by atoms with van der Waals surface area (Å²) >= 11 is 0. The summed E-state index contributed by atoms with van der Waals surface area (Å²) in [5, 5.41) is 3.09. The van der Waals surface area contributed by atoms with Gasteiger partial charge in [-0.1, -0.05) is 12.1 Å². The summed E-state index contributed by atoms with van der Waals surface area (Å²) in [5.74, 6) is -0.747. The van der Waals surface area contributed by atoms with Crippen molar-refractivity contribution in [3.63, 3.8) is 0 Å². The van der Waals surface area contributed by atoms with Gasteiger partial charge < -0.3 is 9.73 Å². The highest BCUT2D eigenvalue weighted by molar-refractivity contribution is 5.20. The topological polar surface area (TPSA) is 25.2 Å². The molecule has 0 spiro atoms. The van der Waals surface area contributed by atoms with E-state index in [-0.39, 0.29) is 6.04 Å². The fourth-order valence-corrected chi connectivity index (χ4v) is 1.92. The van der Waals surface area contributed by atoms with Gasteiger partial charge in [0.15, 0.2) is 11.6 Å². The molecular formula is C14H15F2NO. The van der Waals surface area contributed by atoms with Gasteiger partial charge in [-0.25, -0.2) is 8.78 Å². The zero-order chi connectivity index (χ0) is 13.0. The Morgan fingerprint density at radius 3 is 2.67 bits per heavy atom. The Morgan fingerprint density at radius 1 is 1.17 bits per heavy atom. The first-order chi connectivity index (χ1) is 8.70. The van der Waals surface area contributed by atoms with Crippen molar-refractivity contribution < 1.29 is 13.2 Å². The molecule has 0 aliphatic carbocycles. The van der Waals surface area contributed by atoms with Crippen molar-refractivity contribution in [2.75, 3.05) is 7.05 Å². The van der Waals surface area contributed by atoms with Gasteiger partial charge in [0, 0.05) is 12.5 Å². The van der Waals surface area contributed by atoms with Crippen LogP contribution in [0.25, 0.3) is 0 Å². The maximum Gasteiger partial charge on any atom is 0.162 e. The first kappa shape index (κ1) is 12.8. The van der Waals surface area contributed by atoms with Crippen LogP contribution in [-0.2, 0) is 12.8 Å². The standard InChI is InChI=1S/C14H15F2NO/c1-17-11(9-12-5-3-7-18-12)8-10-4-2-6-13(15)14(10)16/h2-7,11,17H,8-9H2,1H3. The number of benzene rings is 1. The number of likely N-dealkylation sites (N-methyl/N-ethyl adjacent to an activating group) is 1. The summed E-state index contributed by atoms with van der Waals surface area (Å²) < 4.78 is 31.9. The lowest BCUT2D eigenvalue weighted by atomic mass is 10.0. The van der Waals surface area contributed by atoms with Crippen molar-refractivity contribution in [1.29, 1.82) is 0 Å². The molecule has 2 rings (SSSR count). The van der Waals surface area contributed by atoms with Gasteiger partial charge >= 0.3 is 0 Å². The van der Waals surface area contributed by atoms with E-state index in [1.54, 1.807) is 19.4 Å². The summed E-state index contributed by atoms with van der Waals surface area (Å²) in [4.78, 5) is 0. The maximum absolute atomic E-state index is 13.6. The third-order valence-corrected chi connectivity index (χ3v) is 2.93. The Balaban J connectivity index is 2.08. The largest absolute Gasteiger partial charge is 0.469 e. The summed E-state index contributed by atoms with van der Waals surface area (Å²) in [6.07, 6.45) is 2.66. The Bertz CT molecular complexity index is 497. The molecule has 4 heteroatoms. The molecule has 0 radical (unpaired) electrons. The lowest BCUT2D eigenvalue weighted by Crippen LogP contribution is -2.30. The third kappa shape index (κ3) is 2.96. The highest BCUT2D eigenvalue weighted by Crippen LogP contribution is 2.15. The van der Waals surface area contributed by atoms with E-state index in [9.17, 15) is 8.78 Å². The van der Waals surface area contributed by atoms with E-state index in [1.807, 2.05) is 12.1 Å². The average Bonchev–Trinajstić information content (AvgIpc) is 2.86. The van der Waals surface area contributed by atoms with E-state index >= 15 is 0 Å². The molecule has 1 atom stereocenters. The molecule has 0 saturated heterocycles. The summed E-state index contributed by atoms with van der Waals surface area (Å²) in [6, 6.07) is 7.93. The van der Waals surface area contributed by atoms with E-state index in [1.165, 1.54) is 6.07 Å². The molecule has 1 aromatic heterocycles. The second-order valence-corrected chi connectivity index (χ2v) is 4.19. The molecule has 0 saturated carbocycles. The molecule has 2 aromatic rings. The molecule has 18 heavy (non-hydrogen) atoms. The van der Waals surface area contributed by atoms with Crippen LogP contribution in [0.2, 0.25) is 0 Å². The summed E-state index contributed by atoms with van der Waals surface area (Å²) in [7, 11) is 1.80. The zero-order valence-corrected chi connectivity index (χ0v) is 10.1. The fourth-order valence-electron chi connectivity index (χ4n) is 1.92. The van der Waals surface area contributed by atoms with Crippen molar-refractivity contribution in [2.24, 2.45) is 0 Å². The van der Waals surface area contributed by atoms with Gasteiger partial charge in [0.2, 0.25) is 0 Å². The summed E-state index contributed by atoms with van der Waals surface area (Å²) in [6.45, 7) is 0. The average molecular weight is 251 g/mol. The second-order valence-electron chi connectivity index (χ2n) is 4.19. The van der Waals surface area contributed by atoms with Crippen LogP contribution in [0.3, 0.4) is 0 Å². The minimum atomic E-state index is -0.805. The molecule has 1 N–H and O–H groups in total. The lowest BCUT2D eigenvalue weighted by Gasteiger charge is -2.15. The zero-order valence-electron chi connectivity index (χ0n) is 10.1. The lowest BCUT2D eigenvalue weighted by molar-refractivity contribution is 0.445. The molecule has 0 aliphatic rings. The van der Waals surface area contributed by atoms with Crippen LogP contribution >= 0.6 is 0 Å². The first-order valence-corrected chi connectivity index (χ1v) is 5.83. The minimum Gasteiger partial charge on any atom is -0.469 e. The van der Waals surface area contributed by atoms with Crippen molar-refractivity contribution in [1.82, 2.24) is 5.32 Å². The van der Waals surface area contributed by atoms with Crippen LogP contribution in [0.5, 0.6) is 0 Å². The van der Waals surface area contributed by atoms with Gasteiger partial charge in [-0.2, -0.15) is 0 Å². The van der Waals surface area contributed by atoms with Crippen molar-refractivity contribution in [3.05, 3.63) is 59.6 Å². The summed E-state index contributed by atoms with van der Waals surface area (Å²) in [5.41, 5.74) is 0.376. The van der Waals surface area contributed by atoms with Crippen LogP contribution < -0.4 is 5.32 Å². The van der Waals surface area contributed by atoms with Crippen LogP contribution in [0.1, 0.15) is 11.3 Å². The van der Waals surface area contributed by atoms with Crippen molar-refractivity contribution in [3.8, 4) is 0 Å². The Kier molecular flexibility index (Phi) is 4.10. The van der Waals surface area contributed by atoms with E-state index in [0.29, 0.717) is 18.4 Å². The molecular weight excluding hydrogens is 236 g/mol. The second kappa shape index (κ2) is 5.78. The van der Waals surface area contributed by atoms with Crippen molar-refractivity contribution in [2.45, 2.75) is 18.9 Å². The predicted molar refractivity (Wildman–Crippen MR) is 65.3 cm³/mol. The molecule has 0 fully saturated rings. The van der Waals surface area contributed by atoms with E-state index in [0.717, 1.165) is 11.8 Å². The molecule has 1 heterocycles. The number of hydrogen-bond donors (Lipinski definition) is 1. The minimum absolute atomic E-state index is 0.00690. The van der Waals surface area contributed by atoms with E-state index < -0.39 is 11.6 Å². The molecule has 1 unspecified atom stereocenters. The van der Waals surface area contributed by atoms with E-state index in [2.05, 4.69) is 5.32 Å². The predicted octanol–water partition coefficient (Wildman–Crippen LogP) is 2.93. The molecule has 0 amide bonds. The molecule has 96 valence electrons. The van der Waals surface area contributed by atoms with Gasteiger partial charge in [0.05, 0.1) is 6.26 Å². The van der Waals surface area contributed by atoms with E-state index in [4.69, 9.17) is 4.42 Å². The quantitative estimate of drug-likeness (QED) is 0.883. The number of hydrogen-bond acceptors (Lipinski definition) is 2. The van der Waals surface area contributed by atoms with Crippen LogP contribution in [-0.4, -0.2) is 13.1 Å².